The first kappa shape index (κ1) is 17.2. The summed E-state index contributed by atoms with van der Waals surface area (Å²) >= 11 is 0. The summed E-state index contributed by atoms with van der Waals surface area (Å²) in [7, 11) is 2.89. The smallest absolute Gasteiger partial charge is 0.337 e. The average molecular weight is 321 g/mol. The average Bonchev–Trinajstić information content (AvgIpc) is 2.61. The molecule has 1 aromatic carbocycles. The molecule has 2 rings (SSSR count). The monoisotopic (exact) mass is 321 g/mol. The first-order valence-corrected chi connectivity index (χ1v) is 7.53. The predicted octanol–water partition coefficient (Wildman–Crippen LogP) is 0.0955. The fraction of sp³-hybridized carbons (Fsp3) is 0.500. The van der Waals surface area contributed by atoms with Crippen LogP contribution >= 0.6 is 0 Å². The number of methoxy groups -OCH3 is 2. The van der Waals surface area contributed by atoms with Crippen LogP contribution in [-0.4, -0.2) is 69.8 Å². The van der Waals surface area contributed by atoms with Crippen LogP contribution in [0.3, 0.4) is 0 Å². The van der Waals surface area contributed by atoms with Crippen molar-refractivity contribution in [2.45, 2.75) is 6.04 Å². The molecule has 1 unspecified atom stereocenters. The van der Waals surface area contributed by atoms with E-state index in [2.05, 4.69) is 9.64 Å². The van der Waals surface area contributed by atoms with Gasteiger partial charge in [-0.3, -0.25) is 4.79 Å². The molecule has 0 aliphatic carbocycles. The maximum absolute atomic E-state index is 12.1. The predicted molar refractivity (Wildman–Crippen MR) is 86.4 cm³/mol. The zero-order valence-corrected chi connectivity index (χ0v) is 13.5. The molecule has 1 amide bonds. The Morgan fingerprint density at radius 2 is 1.74 bits per heavy atom. The van der Waals surface area contributed by atoms with E-state index in [1.54, 1.807) is 17.0 Å². The minimum atomic E-state index is -0.606. The molecule has 0 aromatic heterocycles. The molecular formula is C16H23N3O4. The highest BCUT2D eigenvalue weighted by atomic mass is 16.5. The Kier molecular flexibility index (Phi) is 5.95. The second-order valence-corrected chi connectivity index (χ2v) is 5.41. The van der Waals surface area contributed by atoms with E-state index in [0.29, 0.717) is 18.7 Å². The molecule has 0 saturated carbocycles. The van der Waals surface area contributed by atoms with Crippen molar-refractivity contribution in [3.8, 4) is 0 Å². The summed E-state index contributed by atoms with van der Waals surface area (Å²) in [5.41, 5.74) is 7.33. The highest BCUT2D eigenvalue weighted by Gasteiger charge is 2.25. The molecule has 126 valence electrons. The van der Waals surface area contributed by atoms with Gasteiger partial charge < -0.3 is 25.0 Å². The number of ether oxygens (including phenoxy) is 2. The third-order valence-corrected chi connectivity index (χ3v) is 3.91. The second kappa shape index (κ2) is 7.94. The third kappa shape index (κ3) is 4.20. The lowest BCUT2D eigenvalue weighted by Gasteiger charge is -2.37. The normalized spacial score (nSPS) is 16.1. The van der Waals surface area contributed by atoms with Gasteiger partial charge >= 0.3 is 5.97 Å². The number of hydrogen-bond donors (Lipinski definition) is 1. The minimum Gasteiger partial charge on any atom is -0.465 e. The number of esters is 1. The molecule has 0 spiro atoms. The van der Waals surface area contributed by atoms with Crippen LogP contribution in [0.1, 0.15) is 10.4 Å². The Hall–Kier alpha value is -2.12. The van der Waals surface area contributed by atoms with Gasteiger partial charge in [0, 0.05) is 39.0 Å². The summed E-state index contributed by atoms with van der Waals surface area (Å²) in [6, 6.07) is 6.66. The molecule has 1 aliphatic rings. The van der Waals surface area contributed by atoms with E-state index in [1.165, 1.54) is 14.2 Å². The van der Waals surface area contributed by atoms with Crippen LogP contribution in [0.4, 0.5) is 5.69 Å². The fourth-order valence-electron chi connectivity index (χ4n) is 2.60. The molecule has 1 heterocycles. The van der Waals surface area contributed by atoms with Crippen molar-refractivity contribution in [3.63, 3.8) is 0 Å². The molecule has 1 aromatic rings. The Bertz CT molecular complexity index is 539. The molecule has 0 bridgehead atoms. The lowest BCUT2D eigenvalue weighted by Crippen LogP contribution is -2.54. The van der Waals surface area contributed by atoms with Gasteiger partial charge in [0.15, 0.2) is 0 Å². The van der Waals surface area contributed by atoms with Gasteiger partial charge in [0.25, 0.3) is 0 Å². The first-order chi connectivity index (χ1) is 11.1. The van der Waals surface area contributed by atoms with Gasteiger partial charge in [-0.05, 0) is 24.3 Å². The van der Waals surface area contributed by atoms with Crippen molar-refractivity contribution >= 4 is 17.6 Å². The lowest BCUT2D eigenvalue weighted by molar-refractivity contribution is -0.134. The van der Waals surface area contributed by atoms with Crippen molar-refractivity contribution in [1.82, 2.24) is 4.90 Å². The van der Waals surface area contributed by atoms with E-state index in [4.69, 9.17) is 10.5 Å². The second-order valence-electron chi connectivity index (χ2n) is 5.41. The van der Waals surface area contributed by atoms with Crippen LogP contribution in [0.5, 0.6) is 0 Å². The zero-order chi connectivity index (χ0) is 16.8. The zero-order valence-electron chi connectivity index (χ0n) is 13.5. The van der Waals surface area contributed by atoms with Crippen LogP contribution < -0.4 is 10.6 Å². The number of carbonyl (C=O) groups is 2. The number of nitrogens with zero attached hydrogens (tertiary/aromatic N) is 2. The number of rotatable bonds is 5. The lowest BCUT2D eigenvalue weighted by atomic mass is 10.1. The van der Waals surface area contributed by atoms with Crippen LogP contribution in [0.15, 0.2) is 24.3 Å². The van der Waals surface area contributed by atoms with Gasteiger partial charge in [-0.2, -0.15) is 0 Å². The van der Waals surface area contributed by atoms with Crippen LogP contribution in [0.2, 0.25) is 0 Å². The standard InChI is InChI=1S/C16H23N3O4/c1-22-11-14(17)15(20)19-9-7-18(8-10-19)13-5-3-12(4-6-13)16(21)23-2/h3-6,14H,7-11,17H2,1-2H3. The summed E-state index contributed by atoms with van der Waals surface area (Å²) in [6.07, 6.45) is 0. The Balaban J connectivity index is 1.91. The molecule has 1 atom stereocenters. The van der Waals surface area contributed by atoms with Crippen molar-refractivity contribution < 1.29 is 19.1 Å². The Morgan fingerprint density at radius 1 is 1.13 bits per heavy atom. The largest absolute Gasteiger partial charge is 0.465 e. The maximum Gasteiger partial charge on any atom is 0.337 e. The van der Waals surface area contributed by atoms with Crippen LogP contribution in [0.25, 0.3) is 0 Å². The van der Waals surface area contributed by atoms with Crippen LogP contribution in [-0.2, 0) is 14.3 Å². The fourth-order valence-corrected chi connectivity index (χ4v) is 2.60. The summed E-state index contributed by atoms with van der Waals surface area (Å²) < 4.78 is 9.61. The topological polar surface area (TPSA) is 85.1 Å². The molecular weight excluding hydrogens is 298 g/mol. The molecule has 1 aliphatic heterocycles. The van der Waals surface area contributed by atoms with Gasteiger partial charge in [0.05, 0.1) is 19.3 Å². The van der Waals surface area contributed by atoms with Gasteiger partial charge in [-0.15, -0.1) is 0 Å². The van der Waals surface area contributed by atoms with Crippen molar-refractivity contribution in [2.75, 3.05) is 51.9 Å². The number of hydrogen-bond acceptors (Lipinski definition) is 6. The number of piperazine rings is 1. The Morgan fingerprint density at radius 3 is 2.26 bits per heavy atom. The van der Waals surface area contributed by atoms with Crippen molar-refractivity contribution in [3.05, 3.63) is 29.8 Å². The van der Waals surface area contributed by atoms with E-state index in [9.17, 15) is 9.59 Å². The molecule has 1 saturated heterocycles. The SMILES string of the molecule is COCC(N)C(=O)N1CCN(c2ccc(C(=O)OC)cc2)CC1. The maximum atomic E-state index is 12.1. The summed E-state index contributed by atoms with van der Waals surface area (Å²) in [6.45, 7) is 2.92. The van der Waals surface area contributed by atoms with E-state index in [-0.39, 0.29) is 18.5 Å². The van der Waals surface area contributed by atoms with E-state index < -0.39 is 6.04 Å². The highest BCUT2D eigenvalue weighted by molar-refractivity contribution is 5.89. The van der Waals surface area contributed by atoms with E-state index in [0.717, 1.165) is 18.8 Å². The Labute approximate surface area is 135 Å². The first-order valence-electron chi connectivity index (χ1n) is 7.53. The van der Waals surface area contributed by atoms with E-state index >= 15 is 0 Å². The molecule has 0 radical (unpaired) electrons. The third-order valence-electron chi connectivity index (χ3n) is 3.91. The summed E-state index contributed by atoms with van der Waals surface area (Å²) in [5.74, 6) is -0.424. The number of amides is 1. The van der Waals surface area contributed by atoms with Crippen molar-refractivity contribution in [2.24, 2.45) is 5.73 Å². The van der Waals surface area contributed by atoms with E-state index in [1.807, 2.05) is 12.1 Å². The van der Waals surface area contributed by atoms with Gasteiger partial charge in [0.2, 0.25) is 5.91 Å². The highest BCUT2D eigenvalue weighted by Crippen LogP contribution is 2.18. The van der Waals surface area contributed by atoms with Gasteiger partial charge in [-0.1, -0.05) is 0 Å². The van der Waals surface area contributed by atoms with Gasteiger partial charge in [0.1, 0.15) is 6.04 Å². The van der Waals surface area contributed by atoms with Crippen molar-refractivity contribution in [1.29, 1.82) is 0 Å². The molecule has 2 N–H and O–H groups in total. The summed E-state index contributed by atoms with van der Waals surface area (Å²) in [4.78, 5) is 27.5. The number of carbonyl (C=O) groups excluding carboxylic acids is 2. The molecule has 1 fully saturated rings. The number of anilines is 1. The molecule has 23 heavy (non-hydrogen) atoms. The molecule has 7 heteroatoms. The number of nitrogens with two attached hydrogens (primary N) is 1. The summed E-state index contributed by atoms with van der Waals surface area (Å²) in [5, 5.41) is 0. The number of benzene rings is 1. The quantitative estimate of drug-likeness (QED) is 0.774. The molecule has 7 nitrogen and oxygen atoms in total. The minimum absolute atomic E-state index is 0.0764. The van der Waals surface area contributed by atoms with Crippen LogP contribution in [0, 0.1) is 0 Å². The van der Waals surface area contributed by atoms with Gasteiger partial charge in [-0.25, -0.2) is 4.79 Å².